The Kier molecular flexibility index (Phi) is 7.85. The Hall–Kier alpha value is -3.91. The monoisotopic (exact) mass is 504 g/mol. The third-order valence-corrected chi connectivity index (χ3v) is 6.53. The molecule has 1 aliphatic heterocycles. The van der Waals surface area contributed by atoms with Crippen LogP contribution in [0.4, 0.5) is 0 Å². The van der Waals surface area contributed by atoms with Crippen molar-refractivity contribution in [1.29, 1.82) is 0 Å². The van der Waals surface area contributed by atoms with Gasteiger partial charge in [0.25, 0.3) is 5.56 Å². The van der Waals surface area contributed by atoms with Gasteiger partial charge in [-0.1, -0.05) is 48.3 Å². The Balaban J connectivity index is 1.86. The number of thiazole rings is 1. The Labute approximate surface area is 213 Å². The molecular formula is C28H28N2O5S. The van der Waals surface area contributed by atoms with E-state index in [-0.39, 0.29) is 12.2 Å². The Morgan fingerprint density at radius 1 is 1.11 bits per heavy atom. The molecule has 1 unspecified atom stereocenters. The van der Waals surface area contributed by atoms with Crippen LogP contribution in [0.5, 0.6) is 11.5 Å². The second-order valence-corrected chi connectivity index (χ2v) is 8.99. The second-order valence-electron chi connectivity index (χ2n) is 7.98. The molecule has 0 amide bonds. The summed E-state index contributed by atoms with van der Waals surface area (Å²) >= 11 is 1.28. The largest absolute Gasteiger partial charge is 0.494 e. The first-order chi connectivity index (χ1) is 17.5. The van der Waals surface area contributed by atoms with Crippen molar-refractivity contribution in [3.05, 3.63) is 103 Å². The molecule has 186 valence electrons. The van der Waals surface area contributed by atoms with E-state index >= 15 is 0 Å². The molecule has 0 bridgehead atoms. The topological polar surface area (TPSA) is 79.1 Å². The number of allylic oxidation sites excluding steroid dienone is 1. The number of esters is 1. The van der Waals surface area contributed by atoms with Crippen LogP contribution in [0.25, 0.3) is 6.08 Å². The molecule has 0 aliphatic carbocycles. The maximum Gasteiger partial charge on any atom is 0.338 e. The summed E-state index contributed by atoms with van der Waals surface area (Å²) in [5, 5.41) is 0. The van der Waals surface area contributed by atoms with Gasteiger partial charge in [0, 0.05) is 0 Å². The molecular weight excluding hydrogens is 476 g/mol. The highest BCUT2D eigenvalue weighted by Crippen LogP contribution is 2.31. The zero-order valence-electron chi connectivity index (χ0n) is 20.5. The molecule has 0 saturated carbocycles. The SMILES string of the molecule is C=CCOc1cccc(C=c2sc3n(c2=O)C(c2ccc(OCC)cc2)C(C(=O)OCC)=C(C)N=3)c1. The third kappa shape index (κ3) is 5.18. The normalized spacial score (nSPS) is 15.2. The van der Waals surface area contributed by atoms with Crippen LogP contribution in [0.3, 0.4) is 0 Å². The van der Waals surface area contributed by atoms with Crippen LogP contribution >= 0.6 is 11.3 Å². The van der Waals surface area contributed by atoms with E-state index < -0.39 is 12.0 Å². The van der Waals surface area contributed by atoms with E-state index in [4.69, 9.17) is 14.2 Å². The first kappa shape index (κ1) is 25.2. The van der Waals surface area contributed by atoms with E-state index in [1.807, 2.05) is 61.5 Å². The predicted octanol–water partition coefficient (Wildman–Crippen LogP) is 3.76. The summed E-state index contributed by atoms with van der Waals surface area (Å²) in [6, 6.07) is 14.2. The summed E-state index contributed by atoms with van der Waals surface area (Å²) in [6.07, 6.45) is 3.48. The molecule has 0 fully saturated rings. The lowest BCUT2D eigenvalue weighted by atomic mass is 9.96. The van der Waals surface area contributed by atoms with E-state index in [9.17, 15) is 9.59 Å². The van der Waals surface area contributed by atoms with Crippen molar-refractivity contribution < 1.29 is 19.0 Å². The van der Waals surface area contributed by atoms with Crippen molar-refractivity contribution in [2.45, 2.75) is 26.8 Å². The first-order valence-corrected chi connectivity index (χ1v) is 12.5. The second kappa shape index (κ2) is 11.2. The summed E-state index contributed by atoms with van der Waals surface area (Å²) in [4.78, 5) is 31.8. The zero-order valence-corrected chi connectivity index (χ0v) is 21.3. The van der Waals surface area contributed by atoms with E-state index in [0.29, 0.717) is 45.3 Å². The van der Waals surface area contributed by atoms with Gasteiger partial charge in [-0.25, -0.2) is 9.79 Å². The molecule has 0 spiro atoms. The first-order valence-electron chi connectivity index (χ1n) is 11.7. The highest BCUT2D eigenvalue weighted by Gasteiger charge is 2.33. The van der Waals surface area contributed by atoms with Crippen molar-refractivity contribution >= 4 is 23.4 Å². The van der Waals surface area contributed by atoms with Crippen LogP contribution < -0.4 is 24.4 Å². The molecule has 4 rings (SSSR count). The maximum atomic E-state index is 13.7. The van der Waals surface area contributed by atoms with E-state index in [0.717, 1.165) is 11.1 Å². The highest BCUT2D eigenvalue weighted by atomic mass is 32.1. The summed E-state index contributed by atoms with van der Waals surface area (Å²) in [6.45, 7) is 10.3. The van der Waals surface area contributed by atoms with Gasteiger partial charge in [-0.15, -0.1) is 0 Å². The molecule has 0 saturated heterocycles. The highest BCUT2D eigenvalue weighted by molar-refractivity contribution is 7.07. The van der Waals surface area contributed by atoms with Gasteiger partial charge in [0.2, 0.25) is 0 Å². The minimum atomic E-state index is -0.666. The average molecular weight is 505 g/mol. The fraction of sp³-hybridized carbons (Fsp3) is 0.250. The number of nitrogens with zero attached hydrogens (tertiary/aromatic N) is 2. The molecule has 36 heavy (non-hydrogen) atoms. The van der Waals surface area contributed by atoms with Crippen LogP contribution in [-0.4, -0.2) is 30.4 Å². The fourth-order valence-corrected chi connectivity index (χ4v) is 5.07. The number of fused-ring (bicyclic) bond motifs is 1. The molecule has 8 heteroatoms. The number of carbonyl (C=O) groups excluding carboxylic acids is 1. The van der Waals surface area contributed by atoms with Crippen molar-refractivity contribution in [3.63, 3.8) is 0 Å². The Morgan fingerprint density at radius 3 is 2.58 bits per heavy atom. The van der Waals surface area contributed by atoms with Gasteiger partial charge in [0.05, 0.1) is 35.1 Å². The molecule has 1 aromatic heterocycles. The van der Waals surface area contributed by atoms with Crippen molar-refractivity contribution in [2.24, 2.45) is 4.99 Å². The van der Waals surface area contributed by atoms with Gasteiger partial charge in [-0.05, 0) is 62.2 Å². The van der Waals surface area contributed by atoms with E-state index in [1.165, 1.54) is 11.3 Å². The summed E-state index contributed by atoms with van der Waals surface area (Å²) in [7, 11) is 0. The maximum absolute atomic E-state index is 13.7. The number of benzene rings is 2. The van der Waals surface area contributed by atoms with Crippen LogP contribution in [0.1, 0.15) is 37.9 Å². The molecule has 1 aliphatic rings. The van der Waals surface area contributed by atoms with Gasteiger partial charge >= 0.3 is 5.97 Å². The summed E-state index contributed by atoms with van der Waals surface area (Å²) in [5.41, 5.74) is 2.23. The zero-order chi connectivity index (χ0) is 25.7. The molecule has 3 aromatic rings. The number of ether oxygens (including phenoxy) is 3. The molecule has 1 atom stereocenters. The smallest absolute Gasteiger partial charge is 0.338 e. The van der Waals surface area contributed by atoms with Crippen LogP contribution in [-0.2, 0) is 9.53 Å². The lowest BCUT2D eigenvalue weighted by Crippen LogP contribution is -2.39. The average Bonchev–Trinajstić information content (AvgIpc) is 3.17. The van der Waals surface area contributed by atoms with Crippen molar-refractivity contribution in [1.82, 2.24) is 4.57 Å². The van der Waals surface area contributed by atoms with Gasteiger partial charge in [0.1, 0.15) is 18.1 Å². The molecule has 0 radical (unpaired) electrons. The van der Waals surface area contributed by atoms with E-state index in [2.05, 4.69) is 11.6 Å². The quantitative estimate of drug-likeness (QED) is 0.328. The fourth-order valence-electron chi connectivity index (χ4n) is 4.02. The van der Waals surface area contributed by atoms with E-state index in [1.54, 1.807) is 24.5 Å². The van der Waals surface area contributed by atoms with Crippen molar-refractivity contribution in [2.75, 3.05) is 19.8 Å². The standard InChI is InChI=1S/C28H28N2O5S/c1-5-15-35-22-10-8-9-19(16-22)17-23-26(31)30-25(20-11-13-21(14-12-20)33-6-2)24(27(32)34-7-3)18(4)29-28(30)36-23/h5,8-14,16-17,25H,1,6-7,15H2,2-4H3. The van der Waals surface area contributed by atoms with Gasteiger partial charge in [-0.3, -0.25) is 9.36 Å². The van der Waals surface area contributed by atoms with Gasteiger partial charge in [0.15, 0.2) is 4.80 Å². The number of rotatable bonds is 9. The number of hydrogen-bond acceptors (Lipinski definition) is 7. The third-order valence-electron chi connectivity index (χ3n) is 5.55. The molecule has 2 heterocycles. The number of carbonyl (C=O) groups is 1. The van der Waals surface area contributed by atoms with Crippen LogP contribution in [0.2, 0.25) is 0 Å². The molecule has 0 N–H and O–H groups in total. The number of aromatic nitrogens is 1. The Morgan fingerprint density at radius 2 is 1.89 bits per heavy atom. The Bertz CT molecular complexity index is 1480. The summed E-state index contributed by atoms with van der Waals surface area (Å²) < 4.78 is 18.6. The summed E-state index contributed by atoms with van der Waals surface area (Å²) in [5.74, 6) is 0.911. The lowest BCUT2D eigenvalue weighted by molar-refractivity contribution is -0.139. The van der Waals surface area contributed by atoms with Gasteiger partial charge in [-0.2, -0.15) is 0 Å². The van der Waals surface area contributed by atoms with Gasteiger partial charge < -0.3 is 14.2 Å². The van der Waals surface area contributed by atoms with Crippen molar-refractivity contribution in [3.8, 4) is 11.5 Å². The minimum Gasteiger partial charge on any atom is -0.494 e. The predicted molar refractivity (Wildman–Crippen MR) is 140 cm³/mol. The lowest BCUT2D eigenvalue weighted by Gasteiger charge is -2.24. The number of hydrogen-bond donors (Lipinski definition) is 0. The van der Waals surface area contributed by atoms with Crippen LogP contribution in [0, 0.1) is 0 Å². The molecule has 2 aromatic carbocycles. The minimum absolute atomic E-state index is 0.223. The molecule has 7 nitrogen and oxygen atoms in total. The van der Waals surface area contributed by atoms with Crippen LogP contribution in [0.15, 0.2) is 82.2 Å².